The number of aryl methyl sites for hydroxylation is 4. The van der Waals surface area contributed by atoms with Crippen molar-refractivity contribution in [2.75, 3.05) is 11.4 Å². The summed E-state index contributed by atoms with van der Waals surface area (Å²) in [6.45, 7) is 13.0. The fourth-order valence-electron chi connectivity index (χ4n) is 4.02. The van der Waals surface area contributed by atoms with Crippen LogP contribution >= 0.6 is 11.8 Å². The molecule has 1 aromatic heterocycles. The van der Waals surface area contributed by atoms with Crippen molar-refractivity contribution in [2.45, 2.75) is 46.1 Å². The number of halogens is 1. The Balaban J connectivity index is 0.00000225. The third-order valence-electron chi connectivity index (χ3n) is 5.29. The molecule has 0 N–H and O–H groups in total. The molecule has 4 rings (SSSR count). The fourth-order valence-corrected chi connectivity index (χ4v) is 5.24. The summed E-state index contributed by atoms with van der Waals surface area (Å²) >= 11 is 1.90. The standard InChI is InChI=1S/C24H27N2S.HI/c1-6-25-20(11-10-19-9-8-16(3)13-21(19)25)15-23-26(7-2)22-14-17(4)12-18(5)24(22)27-23;/h8-15H,6-7H2,1-5H3;1H/q+1;/p-1. The SMILES string of the molecule is CCN1/C(=C/c2ccc3ccc(C)cc3[n+]2CC)Sc2c(C)cc(C)cc21.[I-]. The molecule has 0 radical (unpaired) electrons. The number of pyridine rings is 1. The molecule has 4 heteroatoms. The molecule has 0 fully saturated rings. The van der Waals surface area contributed by atoms with Crippen LogP contribution < -0.4 is 33.4 Å². The zero-order valence-corrected chi connectivity index (χ0v) is 20.2. The molecule has 0 saturated heterocycles. The van der Waals surface area contributed by atoms with Crippen molar-refractivity contribution in [2.24, 2.45) is 0 Å². The summed E-state index contributed by atoms with van der Waals surface area (Å²) in [5.74, 6) is 0. The zero-order chi connectivity index (χ0) is 19.1. The highest BCUT2D eigenvalue weighted by Crippen LogP contribution is 2.48. The molecule has 0 aliphatic carbocycles. The van der Waals surface area contributed by atoms with Crippen LogP contribution in [-0.4, -0.2) is 6.54 Å². The Morgan fingerprint density at radius 3 is 2.43 bits per heavy atom. The quantitative estimate of drug-likeness (QED) is 0.402. The van der Waals surface area contributed by atoms with E-state index in [1.807, 2.05) is 11.8 Å². The van der Waals surface area contributed by atoms with E-state index in [0.717, 1.165) is 13.1 Å². The lowest BCUT2D eigenvalue weighted by Gasteiger charge is -2.18. The van der Waals surface area contributed by atoms with Crippen LogP contribution in [0.4, 0.5) is 5.69 Å². The first-order valence-corrected chi connectivity index (χ1v) is 10.5. The molecule has 28 heavy (non-hydrogen) atoms. The summed E-state index contributed by atoms with van der Waals surface area (Å²) in [7, 11) is 0. The molecule has 0 bridgehead atoms. The van der Waals surface area contributed by atoms with Crippen LogP contribution in [0.15, 0.2) is 52.4 Å². The summed E-state index contributed by atoms with van der Waals surface area (Å²) in [5.41, 5.74) is 7.93. The van der Waals surface area contributed by atoms with Crippen molar-refractivity contribution in [3.63, 3.8) is 0 Å². The van der Waals surface area contributed by atoms with Crippen LogP contribution in [0.3, 0.4) is 0 Å². The van der Waals surface area contributed by atoms with Crippen molar-refractivity contribution < 1.29 is 28.5 Å². The van der Waals surface area contributed by atoms with E-state index in [1.165, 1.54) is 48.9 Å². The summed E-state index contributed by atoms with van der Waals surface area (Å²) in [6, 6.07) is 15.8. The number of aromatic nitrogens is 1. The van der Waals surface area contributed by atoms with Crippen LogP contribution in [-0.2, 0) is 6.54 Å². The Labute approximate surface area is 189 Å². The monoisotopic (exact) mass is 502 g/mol. The minimum atomic E-state index is 0. The van der Waals surface area contributed by atoms with E-state index in [0.29, 0.717) is 0 Å². The molecule has 1 aliphatic heterocycles. The second-order valence-electron chi connectivity index (χ2n) is 7.32. The number of nitrogens with zero attached hydrogens (tertiary/aromatic N) is 2. The molecule has 0 unspecified atom stereocenters. The highest BCUT2D eigenvalue weighted by atomic mass is 127. The third-order valence-corrected chi connectivity index (χ3v) is 6.57. The number of benzene rings is 2. The van der Waals surface area contributed by atoms with E-state index in [1.54, 1.807) is 0 Å². The van der Waals surface area contributed by atoms with E-state index in [2.05, 4.69) is 92.6 Å². The molecule has 3 aromatic rings. The molecule has 0 atom stereocenters. The smallest absolute Gasteiger partial charge is 0.213 e. The predicted molar refractivity (Wildman–Crippen MR) is 117 cm³/mol. The Morgan fingerprint density at radius 2 is 1.71 bits per heavy atom. The lowest BCUT2D eigenvalue weighted by molar-refractivity contribution is -0.669. The average Bonchev–Trinajstić information content (AvgIpc) is 2.98. The van der Waals surface area contributed by atoms with Gasteiger partial charge in [-0.1, -0.05) is 23.9 Å². The lowest BCUT2D eigenvalue weighted by Crippen LogP contribution is -3.00. The second kappa shape index (κ2) is 8.46. The van der Waals surface area contributed by atoms with Gasteiger partial charge in [0.1, 0.15) is 6.54 Å². The van der Waals surface area contributed by atoms with Gasteiger partial charge in [0.2, 0.25) is 11.2 Å². The molecular formula is C24H27IN2S. The van der Waals surface area contributed by atoms with Gasteiger partial charge in [0, 0.05) is 35.0 Å². The molecular weight excluding hydrogens is 475 g/mol. The van der Waals surface area contributed by atoms with Gasteiger partial charge in [-0.05, 0) is 69.5 Å². The number of anilines is 1. The van der Waals surface area contributed by atoms with Gasteiger partial charge in [0.15, 0.2) is 0 Å². The maximum Gasteiger partial charge on any atom is 0.213 e. The molecule has 0 spiro atoms. The number of rotatable bonds is 3. The zero-order valence-electron chi connectivity index (χ0n) is 17.2. The topological polar surface area (TPSA) is 7.12 Å². The Morgan fingerprint density at radius 1 is 0.964 bits per heavy atom. The normalized spacial score (nSPS) is 14.5. The Bertz CT molecular complexity index is 1070. The third kappa shape index (κ3) is 3.69. The van der Waals surface area contributed by atoms with Crippen LogP contribution in [0.5, 0.6) is 0 Å². The van der Waals surface area contributed by atoms with Gasteiger partial charge in [-0.15, -0.1) is 0 Å². The van der Waals surface area contributed by atoms with Gasteiger partial charge in [0.25, 0.3) is 0 Å². The van der Waals surface area contributed by atoms with Gasteiger partial charge in [-0.3, -0.25) is 0 Å². The van der Waals surface area contributed by atoms with Gasteiger partial charge >= 0.3 is 0 Å². The number of hydrogen-bond acceptors (Lipinski definition) is 2. The molecule has 146 valence electrons. The largest absolute Gasteiger partial charge is 1.00 e. The highest BCUT2D eigenvalue weighted by Gasteiger charge is 2.27. The van der Waals surface area contributed by atoms with E-state index in [9.17, 15) is 0 Å². The van der Waals surface area contributed by atoms with E-state index in [-0.39, 0.29) is 24.0 Å². The van der Waals surface area contributed by atoms with Crippen LogP contribution in [0.2, 0.25) is 0 Å². The number of fused-ring (bicyclic) bond motifs is 2. The number of hydrogen-bond donors (Lipinski definition) is 0. The summed E-state index contributed by atoms with van der Waals surface area (Å²) in [4.78, 5) is 3.84. The summed E-state index contributed by atoms with van der Waals surface area (Å²) < 4.78 is 2.42. The Hall–Kier alpha value is -1.53. The van der Waals surface area contributed by atoms with Gasteiger partial charge in [-0.25, -0.2) is 0 Å². The van der Waals surface area contributed by atoms with Crippen molar-refractivity contribution >= 4 is 34.4 Å². The maximum absolute atomic E-state index is 2.44. The maximum atomic E-state index is 2.44. The van der Waals surface area contributed by atoms with Crippen molar-refractivity contribution in [1.82, 2.24) is 0 Å². The molecule has 0 amide bonds. The first kappa shape index (κ1) is 21.2. The highest BCUT2D eigenvalue weighted by molar-refractivity contribution is 8.04. The predicted octanol–water partition coefficient (Wildman–Crippen LogP) is 3.01. The Kier molecular flexibility index (Phi) is 6.40. The van der Waals surface area contributed by atoms with E-state index >= 15 is 0 Å². The number of thioether (sulfide) groups is 1. The van der Waals surface area contributed by atoms with Gasteiger partial charge in [-0.2, -0.15) is 4.57 Å². The summed E-state index contributed by atoms with van der Waals surface area (Å²) in [6.07, 6.45) is 2.36. The van der Waals surface area contributed by atoms with E-state index < -0.39 is 0 Å². The van der Waals surface area contributed by atoms with Gasteiger partial charge in [0.05, 0.1) is 10.7 Å². The molecule has 2 nitrogen and oxygen atoms in total. The molecule has 2 aromatic carbocycles. The van der Waals surface area contributed by atoms with Gasteiger partial charge < -0.3 is 28.9 Å². The van der Waals surface area contributed by atoms with Crippen molar-refractivity contribution in [1.29, 1.82) is 0 Å². The molecule has 0 saturated carbocycles. The minimum absolute atomic E-state index is 0. The van der Waals surface area contributed by atoms with Crippen LogP contribution in [0, 0.1) is 20.8 Å². The van der Waals surface area contributed by atoms with Crippen molar-refractivity contribution in [3.8, 4) is 0 Å². The fraction of sp³-hybridized carbons (Fsp3) is 0.292. The lowest BCUT2D eigenvalue weighted by atomic mass is 10.1. The van der Waals surface area contributed by atoms with Crippen LogP contribution in [0.25, 0.3) is 17.0 Å². The summed E-state index contributed by atoms with van der Waals surface area (Å²) in [5, 5.41) is 2.61. The van der Waals surface area contributed by atoms with Crippen LogP contribution in [0.1, 0.15) is 36.2 Å². The first-order valence-electron chi connectivity index (χ1n) is 9.73. The second-order valence-corrected chi connectivity index (χ2v) is 8.35. The molecule has 1 aliphatic rings. The van der Waals surface area contributed by atoms with E-state index in [4.69, 9.17) is 0 Å². The van der Waals surface area contributed by atoms with Crippen molar-refractivity contribution in [3.05, 3.63) is 69.9 Å². The average molecular weight is 502 g/mol. The first-order chi connectivity index (χ1) is 13.0. The minimum Gasteiger partial charge on any atom is -1.00 e. The molecule has 2 heterocycles.